The van der Waals surface area contributed by atoms with E-state index in [9.17, 15) is 18.0 Å². The Balaban J connectivity index is 2.12. The molecule has 6 nitrogen and oxygen atoms in total. The molecule has 2 aromatic rings. The van der Waals surface area contributed by atoms with Gasteiger partial charge in [0.1, 0.15) is 11.5 Å². The molecule has 100 valence electrons. The summed E-state index contributed by atoms with van der Waals surface area (Å²) in [6, 6.07) is 1.77. The molecule has 0 aliphatic rings. The van der Waals surface area contributed by atoms with Gasteiger partial charge in [0.05, 0.1) is 5.56 Å². The van der Waals surface area contributed by atoms with Gasteiger partial charge in [-0.05, 0) is 19.1 Å². The molecule has 0 aliphatic heterocycles. The number of carbonyl (C=O) groups excluding carboxylic acids is 1. The highest BCUT2D eigenvalue weighted by Crippen LogP contribution is 2.27. The number of hydrogen-bond donors (Lipinski definition) is 2. The lowest BCUT2D eigenvalue weighted by atomic mass is 10.2. The van der Waals surface area contributed by atoms with Crippen molar-refractivity contribution in [1.82, 2.24) is 20.2 Å². The summed E-state index contributed by atoms with van der Waals surface area (Å²) < 4.78 is 36.8. The molecule has 0 saturated heterocycles. The number of rotatable bonds is 2. The smallest absolute Gasteiger partial charge is 0.289 e. The lowest BCUT2D eigenvalue weighted by Gasteiger charge is -2.06. The Bertz CT molecular complexity index is 590. The van der Waals surface area contributed by atoms with Crippen molar-refractivity contribution in [2.75, 3.05) is 5.32 Å². The van der Waals surface area contributed by atoms with Crippen molar-refractivity contribution in [3.05, 3.63) is 35.4 Å². The monoisotopic (exact) mass is 271 g/mol. The zero-order valence-electron chi connectivity index (χ0n) is 9.62. The Hall–Kier alpha value is -2.45. The van der Waals surface area contributed by atoms with Crippen molar-refractivity contribution in [1.29, 1.82) is 0 Å². The molecule has 0 spiro atoms. The van der Waals surface area contributed by atoms with Crippen molar-refractivity contribution < 1.29 is 18.0 Å². The Kier molecular flexibility index (Phi) is 3.19. The van der Waals surface area contributed by atoms with Crippen LogP contribution in [-0.2, 0) is 6.18 Å². The molecule has 2 N–H and O–H groups in total. The second-order valence-corrected chi connectivity index (χ2v) is 3.63. The van der Waals surface area contributed by atoms with Crippen LogP contribution in [0, 0.1) is 6.92 Å². The van der Waals surface area contributed by atoms with Crippen molar-refractivity contribution in [3.8, 4) is 0 Å². The summed E-state index contributed by atoms with van der Waals surface area (Å²) in [6.07, 6.45) is -3.69. The van der Waals surface area contributed by atoms with E-state index in [2.05, 4.69) is 25.5 Å². The molecule has 0 unspecified atom stereocenters. The summed E-state index contributed by atoms with van der Waals surface area (Å²) in [5.41, 5.74) is -1.08. The number of aromatic nitrogens is 4. The zero-order valence-corrected chi connectivity index (χ0v) is 9.62. The number of nitrogens with one attached hydrogen (secondary N) is 2. The van der Waals surface area contributed by atoms with Gasteiger partial charge in [0.2, 0.25) is 5.95 Å². The quantitative estimate of drug-likeness (QED) is 0.872. The molecule has 0 saturated carbocycles. The molecule has 1 amide bonds. The van der Waals surface area contributed by atoms with Gasteiger partial charge in [-0.15, -0.1) is 5.10 Å². The summed E-state index contributed by atoms with van der Waals surface area (Å²) in [5, 5.41) is 8.51. The van der Waals surface area contributed by atoms with Gasteiger partial charge in [-0.3, -0.25) is 20.2 Å². The maximum atomic E-state index is 12.3. The molecule has 0 aliphatic carbocycles. The van der Waals surface area contributed by atoms with E-state index in [1.165, 1.54) is 0 Å². The number of aryl methyl sites for hydroxylation is 1. The van der Waals surface area contributed by atoms with E-state index in [-0.39, 0.29) is 11.5 Å². The van der Waals surface area contributed by atoms with Gasteiger partial charge in [0.25, 0.3) is 5.91 Å². The van der Waals surface area contributed by atoms with Gasteiger partial charge in [0, 0.05) is 6.20 Å². The fourth-order valence-corrected chi connectivity index (χ4v) is 1.27. The molecule has 0 atom stereocenters. The van der Waals surface area contributed by atoms with Gasteiger partial charge in [-0.1, -0.05) is 0 Å². The van der Waals surface area contributed by atoms with Gasteiger partial charge >= 0.3 is 6.18 Å². The van der Waals surface area contributed by atoms with E-state index in [1.807, 2.05) is 0 Å². The number of pyridine rings is 1. The van der Waals surface area contributed by atoms with Crippen molar-refractivity contribution in [3.63, 3.8) is 0 Å². The number of halogens is 3. The van der Waals surface area contributed by atoms with Gasteiger partial charge in [-0.2, -0.15) is 18.2 Å². The van der Waals surface area contributed by atoms with Crippen LogP contribution in [-0.4, -0.2) is 26.1 Å². The van der Waals surface area contributed by atoms with E-state index in [4.69, 9.17) is 0 Å². The molecule has 0 radical (unpaired) electrons. The molecule has 2 rings (SSSR count). The van der Waals surface area contributed by atoms with Crippen LogP contribution >= 0.6 is 0 Å². The first-order valence-corrected chi connectivity index (χ1v) is 5.10. The minimum Gasteiger partial charge on any atom is -0.289 e. The summed E-state index contributed by atoms with van der Waals surface area (Å²) in [4.78, 5) is 18.7. The summed E-state index contributed by atoms with van der Waals surface area (Å²) in [5.74, 6) is -0.0940. The minimum atomic E-state index is -4.53. The third kappa shape index (κ3) is 3.06. The van der Waals surface area contributed by atoms with Gasteiger partial charge in [-0.25, -0.2) is 0 Å². The van der Waals surface area contributed by atoms with Crippen LogP contribution in [0.3, 0.4) is 0 Å². The van der Waals surface area contributed by atoms with E-state index in [1.54, 1.807) is 6.92 Å². The summed E-state index contributed by atoms with van der Waals surface area (Å²) in [6.45, 7) is 1.64. The predicted octanol–water partition coefficient (Wildman–Crippen LogP) is 1.78. The highest BCUT2D eigenvalue weighted by molar-refractivity contribution is 6.03. The molecule has 0 aromatic carbocycles. The Morgan fingerprint density at radius 1 is 1.37 bits per heavy atom. The SMILES string of the molecule is Cc1nc(NC(=O)c2ccc(C(F)(F)F)nc2)n[nH]1. The number of amides is 1. The highest BCUT2D eigenvalue weighted by Gasteiger charge is 2.32. The molecule has 2 aromatic heterocycles. The molecule has 0 fully saturated rings. The standard InChI is InChI=1S/C10H8F3N5O/c1-5-15-9(18-17-5)16-8(19)6-2-3-7(14-4-6)10(11,12)13/h2-4H,1H3,(H2,15,16,17,18,19). The third-order valence-electron chi connectivity index (χ3n) is 2.14. The molecular formula is C10H8F3N5O. The average molecular weight is 271 g/mol. The maximum absolute atomic E-state index is 12.3. The van der Waals surface area contributed by atoms with Crippen LogP contribution in [0.25, 0.3) is 0 Å². The predicted molar refractivity (Wildman–Crippen MR) is 58.3 cm³/mol. The number of aromatic amines is 1. The maximum Gasteiger partial charge on any atom is 0.433 e. The van der Waals surface area contributed by atoms with E-state index in [0.717, 1.165) is 18.3 Å². The summed E-state index contributed by atoms with van der Waals surface area (Å²) in [7, 11) is 0. The fourth-order valence-electron chi connectivity index (χ4n) is 1.27. The Morgan fingerprint density at radius 3 is 2.58 bits per heavy atom. The first kappa shape index (κ1) is 13.0. The van der Waals surface area contributed by atoms with E-state index < -0.39 is 17.8 Å². The lowest BCUT2D eigenvalue weighted by molar-refractivity contribution is -0.141. The number of carbonyl (C=O) groups is 1. The molecule has 19 heavy (non-hydrogen) atoms. The first-order chi connectivity index (χ1) is 8.86. The topological polar surface area (TPSA) is 83.6 Å². The van der Waals surface area contributed by atoms with Gasteiger partial charge in [0.15, 0.2) is 0 Å². The van der Waals surface area contributed by atoms with Crippen molar-refractivity contribution >= 4 is 11.9 Å². The Labute approximate surface area is 105 Å². The van der Waals surface area contributed by atoms with Crippen LogP contribution < -0.4 is 5.32 Å². The number of hydrogen-bond acceptors (Lipinski definition) is 4. The van der Waals surface area contributed by atoms with Crippen LogP contribution in [0.5, 0.6) is 0 Å². The van der Waals surface area contributed by atoms with Crippen LogP contribution in [0.1, 0.15) is 21.9 Å². The van der Waals surface area contributed by atoms with Crippen molar-refractivity contribution in [2.24, 2.45) is 0 Å². The largest absolute Gasteiger partial charge is 0.433 e. The summed E-state index contributed by atoms with van der Waals surface area (Å²) >= 11 is 0. The molecule has 9 heteroatoms. The van der Waals surface area contributed by atoms with Gasteiger partial charge < -0.3 is 0 Å². The third-order valence-corrected chi connectivity index (χ3v) is 2.14. The number of nitrogens with zero attached hydrogens (tertiary/aromatic N) is 3. The molecule has 0 bridgehead atoms. The van der Waals surface area contributed by atoms with E-state index in [0.29, 0.717) is 5.82 Å². The van der Waals surface area contributed by atoms with E-state index >= 15 is 0 Å². The minimum absolute atomic E-state index is 0.0181. The first-order valence-electron chi connectivity index (χ1n) is 5.10. The van der Waals surface area contributed by atoms with Crippen LogP contribution in [0.15, 0.2) is 18.3 Å². The normalized spacial score (nSPS) is 11.4. The Morgan fingerprint density at radius 2 is 2.11 bits per heavy atom. The molecular weight excluding hydrogens is 263 g/mol. The number of anilines is 1. The number of alkyl halides is 3. The van der Waals surface area contributed by atoms with Crippen LogP contribution in [0.2, 0.25) is 0 Å². The molecule has 2 heterocycles. The average Bonchev–Trinajstić information content (AvgIpc) is 2.74. The van der Waals surface area contributed by atoms with Crippen molar-refractivity contribution in [2.45, 2.75) is 13.1 Å². The fraction of sp³-hybridized carbons (Fsp3) is 0.200. The zero-order chi connectivity index (χ0) is 14.0. The van der Waals surface area contributed by atoms with Crippen LogP contribution in [0.4, 0.5) is 19.1 Å². The second kappa shape index (κ2) is 4.67. The highest BCUT2D eigenvalue weighted by atomic mass is 19.4. The lowest BCUT2D eigenvalue weighted by Crippen LogP contribution is -2.15. The second-order valence-electron chi connectivity index (χ2n) is 3.63. The number of H-pyrrole nitrogens is 1.